The van der Waals surface area contributed by atoms with E-state index in [9.17, 15) is 8.78 Å². The standard InChI is InChI=1S/C28H42F2O/c29-28(30)31-27-19-17-26(18-20-27)25-15-13-24(14-16-25)23-11-9-22(10-12-23)8-4-3-7-21-5-1-2-6-21/h17-25,28H,1-16H2/t22-,23-,24-,25-. The topological polar surface area (TPSA) is 9.23 Å². The molecular weight excluding hydrogens is 390 g/mol. The Bertz CT molecular complexity index is 621. The van der Waals surface area contributed by atoms with Crippen LogP contribution in [0.25, 0.3) is 0 Å². The third-order valence-corrected chi connectivity index (χ3v) is 8.86. The van der Waals surface area contributed by atoms with Gasteiger partial charge in [-0.1, -0.05) is 76.3 Å². The molecule has 3 fully saturated rings. The normalized spacial score (nSPS) is 30.0. The van der Waals surface area contributed by atoms with E-state index in [0.29, 0.717) is 5.92 Å². The Labute approximate surface area is 188 Å². The van der Waals surface area contributed by atoms with E-state index in [0.717, 1.165) is 23.7 Å². The SMILES string of the molecule is FC(F)Oc1ccc([C@H]2CC[C@H]([C@H]3CC[C@H](CCCCC4CCCC4)CC3)CC2)cc1. The second kappa shape index (κ2) is 11.7. The molecule has 0 N–H and O–H groups in total. The molecule has 1 nitrogen and oxygen atoms in total. The van der Waals surface area contributed by atoms with Crippen molar-refractivity contribution in [3.63, 3.8) is 0 Å². The highest BCUT2D eigenvalue weighted by molar-refractivity contribution is 5.29. The minimum absolute atomic E-state index is 0.266. The number of hydrogen-bond acceptors (Lipinski definition) is 1. The van der Waals surface area contributed by atoms with Crippen LogP contribution >= 0.6 is 0 Å². The average Bonchev–Trinajstić information content (AvgIpc) is 3.31. The summed E-state index contributed by atoms with van der Waals surface area (Å²) in [7, 11) is 0. The second-order valence-electron chi connectivity index (χ2n) is 10.8. The van der Waals surface area contributed by atoms with Crippen molar-refractivity contribution >= 4 is 0 Å². The minimum Gasteiger partial charge on any atom is -0.435 e. The maximum Gasteiger partial charge on any atom is 0.387 e. The fraction of sp³-hybridized carbons (Fsp3) is 0.786. The summed E-state index contributed by atoms with van der Waals surface area (Å²) in [6.45, 7) is -2.74. The first kappa shape index (κ1) is 23.1. The van der Waals surface area contributed by atoms with Crippen LogP contribution in [0.3, 0.4) is 0 Å². The summed E-state index contributed by atoms with van der Waals surface area (Å²) < 4.78 is 29.1. The molecule has 0 aromatic heterocycles. The monoisotopic (exact) mass is 432 g/mol. The number of rotatable bonds is 9. The highest BCUT2D eigenvalue weighted by atomic mass is 19.3. The van der Waals surface area contributed by atoms with Gasteiger partial charge >= 0.3 is 6.61 Å². The third-order valence-electron chi connectivity index (χ3n) is 8.86. The van der Waals surface area contributed by atoms with Gasteiger partial charge in [-0.05, 0) is 85.8 Å². The van der Waals surface area contributed by atoms with Crippen molar-refractivity contribution in [2.75, 3.05) is 0 Å². The van der Waals surface area contributed by atoms with Gasteiger partial charge in [-0.2, -0.15) is 8.78 Å². The van der Waals surface area contributed by atoms with Gasteiger partial charge in [-0.3, -0.25) is 0 Å². The molecule has 4 rings (SSSR count). The molecule has 174 valence electrons. The quantitative estimate of drug-likeness (QED) is 0.353. The van der Waals surface area contributed by atoms with Crippen molar-refractivity contribution in [2.24, 2.45) is 23.7 Å². The number of benzene rings is 1. The highest BCUT2D eigenvalue weighted by Crippen LogP contribution is 2.44. The smallest absolute Gasteiger partial charge is 0.387 e. The van der Waals surface area contributed by atoms with Gasteiger partial charge in [0.1, 0.15) is 5.75 Å². The van der Waals surface area contributed by atoms with Crippen LogP contribution in [0.1, 0.15) is 114 Å². The first-order valence-corrected chi connectivity index (χ1v) is 13.2. The zero-order chi connectivity index (χ0) is 21.5. The molecule has 31 heavy (non-hydrogen) atoms. The molecule has 0 radical (unpaired) electrons. The van der Waals surface area contributed by atoms with E-state index in [2.05, 4.69) is 4.74 Å². The van der Waals surface area contributed by atoms with Crippen molar-refractivity contribution in [2.45, 2.75) is 115 Å². The van der Waals surface area contributed by atoms with Gasteiger partial charge in [0.15, 0.2) is 0 Å². The molecule has 3 saturated carbocycles. The van der Waals surface area contributed by atoms with E-state index in [1.165, 1.54) is 108 Å². The van der Waals surface area contributed by atoms with E-state index in [1.807, 2.05) is 12.1 Å². The molecule has 3 aliphatic rings. The largest absolute Gasteiger partial charge is 0.435 e. The fourth-order valence-corrected chi connectivity index (χ4v) is 6.96. The Balaban J connectivity index is 1.12. The van der Waals surface area contributed by atoms with Crippen molar-refractivity contribution in [1.82, 2.24) is 0 Å². The lowest BCUT2D eigenvalue weighted by Gasteiger charge is -2.38. The molecular formula is C28H42F2O. The minimum atomic E-state index is -2.74. The number of ether oxygens (including phenoxy) is 1. The van der Waals surface area contributed by atoms with Crippen LogP contribution in [0.5, 0.6) is 5.75 Å². The molecule has 0 amide bonds. The zero-order valence-corrected chi connectivity index (χ0v) is 19.3. The van der Waals surface area contributed by atoms with Gasteiger partial charge in [0, 0.05) is 0 Å². The molecule has 0 saturated heterocycles. The number of alkyl halides is 2. The van der Waals surface area contributed by atoms with E-state index < -0.39 is 6.61 Å². The van der Waals surface area contributed by atoms with Gasteiger partial charge in [0.05, 0.1) is 0 Å². The lowest BCUT2D eigenvalue weighted by molar-refractivity contribution is -0.0498. The van der Waals surface area contributed by atoms with E-state index >= 15 is 0 Å². The van der Waals surface area contributed by atoms with Crippen LogP contribution in [-0.2, 0) is 0 Å². The summed E-state index contributed by atoms with van der Waals surface area (Å²) in [6.07, 6.45) is 23.0. The van der Waals surface area contributed by atoms with Crippen LogP contribution in [0.2, 0.25) is 0 Å². The lowest BCUT2D eigenvalue weighted by Crippen LogP contribution is -2.25. The molecule has 0 bridgehead atoms. The van der Waals surface area contributed by atoms with Crippen LogP contribution < -0.4 is 4.74 Å². The molecule has 0 unspecified atom stereocenters. The van der Waals surface area contributed by atoms with Crippen LogP contribution in [0, 0.1) is 23.7 Å². The summed E-state index contributed by atoms with van der Waals surface area (Å²) in [5.74, 6) is 4.80. The second-order valence-corrected chi connectivity index (χ2v) is 10.8. The van der Waals surface area contributed by atoms with Crippen LogP contribution in [-0.4, -0.2) is 6.61 Å². The Kier molecular flexibility index (Phi) is 8.67. The van der Waals surface area contributed by atoms with Gasteiger partial charge in [-0.25, -0.2) is 0 Å². The summed E-state index contributed by atoms with van der Waals surface area (Å²) >= 11 is 0. The molecule has 1 aromatic carbocycles. The molecule has 1 aromatic rings. The van der Waals surface area contributed by atoms with Gasteiger partial charge in [0.2, 0.25) is 0 Å². The van der Waals surface area contributed by atoms with Crippen molar-refractivity contribution in [1.29, 1.82) is 0 Å². The number of unbranched alkanes of at least 4 members (excludes halogenated alkanes) is 1. The maximum absolute atomic E-state index is 12.3. The first-order valence-electron chi connectivity index (χ1n) is 13.2. The lowest BCUT2D eigenvalue weighted by atomic mass is 9.68. The predicted octanol–water partition coefficient (Wildman–Crippen LogP) is 9.12. The Hall–Kier alpha value is -1.12. The summed E-state index contributed by atoms with van der Waals surface area (Å²) in [6, 6.07) is 7.37. The molecule has 0 spiro atoms. The average molecular weight is 433 g/mol. The molecule has 3 heteroatoms. The number of halogens is 2. The molecule has 3 aliphatic carbocycles. The van der Waals surface area contributed by atoms with Gasteiger partial charge in [-0.15, -0.1) is 0 Å². The molecule has 0 heterocycles. The molecule has 0 aliphatic heterocycles. The Morgan fingerprint density at radius 2 is 1.19 bits per heavy atom. The Morgan fingerprint density at radius 1 is 0.677 bits per heavy atom. The predicted molar refractivity (Wildman–Crippen MR) is 124 cm³/mol. The van der Waals surface area contributed by atoms with Gasteiger partial charge < -0.3 is 4.74 Å². The summed E-state index contributed by atoms with van der Waals surface area (Å²) in [5.41, 5.74) is 1.29. The maximum atomic E-state index is 12.3. The third kappa shape index (κ3) is 6.93. The van der Waals surface area contributed by atoms with Crippen LogP contribution in [0.15, 0.2) is 24.3 Å². The molecule has 0 atom stereocenters. The van der Waals surface area contributed by atoms with Crippen molar-refractivity contribution < 1.29 is 13.5 Å². The van der Waals surface area contributed by atoms with E-state index in [1.54, 1.807) is 12.1 Å². The summed E-state index contributed by atoms with van der Waals surface area (Å²) in [5, 5.41) is 0. The number of hydrogen-bond donors (Lipinski definition) is 0. The van der Waals surface area contributed by atoms with Gasteiger partial charge in [0.25, 0.3) is 0 Å². The van der Waals surface area contributed by atoms with Crippen molar-refractivity contribution in [3.8, 4) is 5.75 Å². The Morgan fingerprint density at radius 3 is 1.74 bits per heavy atom. The van der Waals surface area contributed by atoms with E-state index in [4.69, 9.17) is 0 Å². The van der Waals surface area contributed by atoms with Crippen molar-refractivity contribution in [3.05, 3.63) is 29.8 Å². The summed E-state index contributed by atoms with van der Waals surface area (Å²) in [4.78, 5) is 0. The zero-order valence-electron chi connectivity index (χ0n) is 19.3. The van der Waals surface area contributed by atoms with Crippen LogP contribution in [0.4, 0.5) is 8.78 Å². The fourth-order valence-electron chi connectivity index (χ4n) is 6.96. The van der Waals surface area contributed by atoms with E-state index in [-0.39, 0.29) is 5.75 Å². The highest BCUT2D eigenvalue weighted by Gasteiger charge is 2.31. The first-order chi connectivity index (χ1) is 15.2.